The Labute approximate surface area is 146 Å². The molecule has 0 unspecified atom stereocenters. The molecule has 0 aliphatic heterocycles. The maximum atomic E-state index is 12.0. The Morgan fingerprint density at radius 1 is 0.957 bits per heavy atom. The molecular formula is C18H25BrO4. The predicted molar refractivity (Wildman–Crippen MR) is 94.1 cm³/mol. The fraction of sp³-hybridized carbons (Fsp3) is 0.556. The second-order valence-electron chi connectivity index (χ2n) is 5.39. The van der Waals surface area contributed by atoms with Gasteiger partial charge < -0.3 is 9.47 Å². The highest BCUT2D eigenvalue weighted by Crippen LogP contribution is 2.19. The molecule has 5 heteroatoms. The first-order chi connectivity index (χ1) is 11.1. The molecule has 128 valence electrons. The average molecular weight is 385 g/mol. The summed E-state index contributed by atoms with van der Waals surface area (Å²) in [7, 11) is 0. The smallest absolute Gasteiger partial charge is 0.341 e. The molecule has 0 radical (unpaired) electrons. The Kier molecular flexibility index (Phi) is 10.4. The van der Waals surface area contributed by atoms with Gasteiger partial charge in [-0.3, -0.25) is 4.79 Å². The van der Waals surface area contributed by atoms with E-state index in [2.05, 4.69) is 15.9 Å². The summed E-state index contributed by atoms with van der Waals surface area (Å²) < 4.78 is 10.3. The van der Waals surface area contributed by atoms with Crippen LogP contribution in [0.15, 0.2) is 24.3 Å². The minimum absolute atomic E-state index is 0.247. The fourth-order valence-electron chi connectivity index (χ4n) is 2.20. The molecule has 0 saturated carbocycles. The quantitative estimate of drug-likeness (QED) is 0.235. The summed E-state index contributed by atoms with van der Waals surface area (Å²) in [6.07, 6.45) is 8.10. The Hall–Kier alpha value is -1.36. The van der Waals surface area contributed by atoms with Gasteiger partial charge in [-0.05, 0) is 25.0 Å². The molecule has 0 fully saturated rings. The van der Waals surface area contributed by atoms with Crippen LogP contribution in [-0.2, 0) is 9.53 Å². The molecule has 23 heavy (non-hydrogen) atoms. The van der Waals surface area contributed by atoms with E-state index in [1.54, 1.807) is 24.3 Å². The molecule has 4 nitrogen and oxygen atoms in total. The maximum absolute atomic E-state index is 12.0. The molecule has 0 spiro atoms. The normalized spacial score (nSPS) is 10.3. The number of para-hydroxylation sites is 1. The van der Waals surface area contributed by atoms with E-state index >= 15 is 0 Å². The first-order valence-corrected chi connectivity index (χ1v) is 9.28. The number of halogens is 1. The van der Waals surface area contributed by atoms with Gasteiger partial charge in [-0.15, -0.1) is 0 Å². The van der Waals surface area contributed by atoms with Crippen LogP contribution in [0.25, 0.3) is 0 Å². The summed E-state index contributed by atoms with van der Waals surface area (Å²) in [5, 5.41) is 1.08. The van der Waals surface area contributed by atoms with Crippen LogP contribution in [0.2, 0.25) is 0 Å². The van der Waals surface area contributed by atoms with Crippen molar-refractivity contribution in [1.82, 2.24) is 0 Å². The Morgan fingerprint density at radius 3 is 2.22 bits per heavy atom. The number of hydrogen-bond donors (Lipinski definition) is 0. The average Bonchev–Trinajstić information content (AvgIpc) is 2.53. The number of ether oxygens (including phenoxy) is 2. The van der Waals surface area contributed by atoms with Crippen molar-refractivity contribution >= 4 is 27.9 Å². The van der Waals surface area contributed by atoms with Crippen LogP contribution in [0.3, 0.4) is 0 Å². The van der Waals surface area contributed by atoms with Crippen molar-refractivity contribution in [1.29, 1.82) is 0 Å². The number of carbonyl (C=O) groups excluding carboxylic acids is 2. The minimum Gasteiger partial charge on any atom is -0.462 e. The van der Waals surface area contributed by atoms with E-state index in [0.29, 0.717) is 6.61 Å². The summed E-state index contributed by atoms with van der Waals surface area (Å²) >= 11 is 3.43. The summed E-state index contributed by atoms with van der Waals surface area (Å²) in [6.45, 7) is 1.70. The van der Waals surface area contributed by atoms with Gasteiger partial charge in [0.05, 0.1) is 6.61 Å². The highest BCUT2D eigenvalue weighted by atomic mass is 79.9. The van der Waals surface area contributed by atoms with Crippen LogP contribution < -0.4 is 4.74 Å². The third-order valence-electron chi connectivity index (χ3n) is 3.37. The third-order valence-corrected chi connectivity index (χ3v) is 3.93. The molecule has 0 amide bonds. The number of carbonyl (C=O) groups is 2. The molecule has 0 aliphatic carbocycles. The number of alkyl halides is 1. The van der Waals surface area contributed by atoms with Gasteiger partial charge in [-0.2, -0.15) is 0 Å². The minimum atomic E-state index is -0.454. The van der Waals surface area contributed by atoms with E-state index in [1.165, 1.54) is 39.0 Å². The standard InChI is InChI=1S/C18H25BrO4/c1-15(20)23-17-12-8-7-11-16(17)18(21)22-14-10-6-4-2-3-5-9-13-19/h7-8,11-12H,2-6,9-10,13-14H2,1H3. The lowest BCUT2D eigenvalue weighted by atomic mass is 10.1. The molecule has 0 N–H and O–H groups in total. The van der Waals surface area contributed by atoms with E-state index in [0.717, 1.165) is 18.2 Å². The van der Waals surface area contributed by atoms with Crippen LogP contribution in [0, 0.1) is 0 Å². The lowest BCUT2D eigenvalue weighted by Gasteiger charge is -2.09. The zero-order chi connectivity index (χ0) is 16.9. The molecule has 1 aromatic rings. The highest BCUT2D eigenvalue weighted by Gasteiger charge is 2.14. The van der Waals surface area contributed by atoms with Gasteiger partial charge in [0.1, 0.15) is 11.3 Å². The van der Waals surface area contributed by atoms with Crippen LogP contribution >= 0.6 is 15.9 Å². The number of benzene rings is 1. The predicted octanol–water partition coefficient (Wildman–Crippen LogP) is 4.89. The SMILES string of the molecule is CC(=O)Oc1ccccc1C(=O)OCCCCCCCCCBr. The highest BCUT2D eigenvalue weighted by molar-refractivity contribution is 9.09. The van der Waals surface area contributed by atoms with Crippen molar-refractivity contribution in [2.45, 2.75) is 51.9 Å². The molecule has 0 saturated heterocycles. The van der Waals surface area contributed by atoms with Crippen molar-refractivity contribution in [3.05, 3.63) is 29.8 Å². The monoisotopic (exact) mass is 384 g/mol. The number of hydrogen-bond acceptors (Lipinski definition) is 4. The summed E-state index contributed by atoms with van der Waals surface area (Å²) in [6, 6.07) is 6.62. The van der Waals surface area contributed by atoms with Gasteiger partial charge in [0.15, 0.2) is 0 Å². The number of rotatable bonds is 11. The topological polar surface area (TPSA) is 52.6 Å². The largest absolute Gasteiger partial charge is 0.462 e. The van der Waals surface area contributed by atoms with Gasteiger partial charge in [-0.1, -0.05) is 60.2 Å². The van der Waals surface area contributed by atoms with Crippen molar-refractivity contribution in [3.8, 4) is 5.75 Å². The zero-order valence-corrected chi connectivity index (χ0v) is 15.3. The second kappa shape index (κ2) is 12.1. The van der Waals surface area contributed by atoms with E-state index < -0.39 is 11.9 Å². The fourth-order valence-corrected chi connectivity index (χ4v) is 2.60. The van der Waals surface area contributed by atoms with Crippen molar-refractivity contribution in [2.24, 2.45) is 0 Å². The van der Waals surface area contributed by atoms with Crippen LogP contribution in [-0.4, -0.2) is 23.9 Å². The van der Waals surface area contributed by atoms with Crippen molar-refractivity contribution in [2.75, 3.05) is 11.9 Å². The molecular weight excluding hydrogens is 360 g/mol. The van der Waals surface area contributed by atoms with Crippen LogP contribution in [0.5, 0.6) is 5.75 Å². The summed E-state index contributed by atoms with van der Waals surface area (Å²) in [5.74, 6) is -0.652. The van der Waals surface area contributed by atoms with Gasteiger partial charge in [0.25, 0.3) is 0 Å². The second-order valence-corrected chi connectivity index (χ2v) is 6.18. The van der Waals surface area contributed by atoms with Gasteiger partial charge in [-0.25, -0.2) is 4.79 Å². The van der Waals surface area contributed by atoms with E-state index in [9.17, 15) is 9.59 Å². The van der Waals surface area contributed by atoms with E-state index in [1.807, 2.05) is 0 Å². The Bertz CT molecular complexity index is 488. The first kappa shape index (κ1) is 19.7. The van der Waals surface area contributed by atoms with Crippen molar-refractivity contribution < 1.29 is 19.1 Å². The molecule has 0 atom stereocenters. The van der Waals surface area contributed by atoms with E-state index in [-0.39, 0.29) is 11.3 Å². The lowest BCUT2D eigenvalue weighted by molar-refractivity contribution is -0.131. The zero-order valence-electron chi connectivity index (χ0n) is 13.7. The summed E-state index contributed by atoms with van der Waals surface area (Å²) in [5.41, 5.74) is 0.289. The molecule has 0 bridgehead atoms. The Balaban J connectivity index is 2.23. The van der Waals surface area contributed by atoms with E-state index in [4.69, 9.17) is 9.47 Å². The Morgan fingerprint density at radius 2 is 1.57 bits per heavy atom. The molecule has 0 aromatic heterocycles. The third kappa shape index (κ3) is 8.74. The molecule has 0 aliphatic rings. The number of unbranched alkanes of at least 4 members (excludes halogenated alkanes) is 6. The molecule has 1 rings (SSSR count). The van der Waals surface area contributed by atoms with Gasteiger partial charge >= 0.3 is 11.9 Å². The summed E-state index contributed by atoms with van der Waals surface area (Å²) in [4.78, 5) is 23.1. The van der Waals surface area contributed by atoms with Gasteiger partial charge in [0.2, 0.25) is 0 Å². The van der Waals surface area contributed by atoms with Crippen LogP contribution in [0.4, 0.5) is 0 Å². The maximum Gasteiger partial charge on any atom is 0.341 e. The number of esters is 2. The van der Waals surface area contributed by atoms with Crippen molar-refractivity contribution in [3.63, 3.8) is 0 Å². The first-order valence-electron chi connectivity index (χ1n) is 8.15. The van der Waals surface area contributed by atoms with Crippen LogP contribution in [0.1, 0.15) is 62.2 Å². The molecule has 1 aromatic carbocycles. The van der Waals surface area contributed by atoms with Gasteiger partial charge in [0, 0.05) is 12.3 Å². The molecule has 0 heterocycles. The lowest BCUT2D eigenvalue weighted by Crippen LogP contribution is -2.11.